The van der Waals surface area contributed by atoms with E-state index in [1.54, 1.807) is 7.11 Å². The number of piperazine rings is 1. The molecule has 3 fully saturated rings. The van der Waals surface area contributed by atoms with Gasteiger partial charge in [0.05, 0.1) is 13.2 Å². The van der Waals surface area contributed by atoms with Gasteiger partial charge in [-0.15, -0.1) is 0 Å². The maximum atomic E-state index is 9.05. The zero-order valence-corrected chi connectivity index (χ0v) is 27.4. The lowest BCUT2D eigenvalue weighted by Gasteiger charge is -2.39. The van der Waals surface area contributed by atoms with Crippen LogP contribution in [0, 0.1) is 11.3 Å². The van der Waals surface area contributed by atoms with Gasteiger partial charge in [-0.05, 0) is 113 Å². The van der Waals surface area contributed by atoms with Crippen molar-refractivity contribution in [3.8, 4) is 6.07 Å². The third-order valence-electron chi connectivity index (χ3n) is 9.54. The Morgan fingerprint density at radius 2 is 1.82 bits per heavy atom. The van der Waals surface area contributed by atoms with Crippen molar-refractivity contribution < 1.29 is 4.74 Å². The Balaban J connectivity index is 0.000000573. The highest BCUT2D eigenvalue weighted by Crippen LogP contribution is 2.35. The Morgan fingerprint density at radius 1 is 1.09 bits per heavy atom. The SMILES string of the molecule is CC/C=C(/N=C(\C1=C(C)CN(c2cccc3cccc(CCCC#N)c23)CC1)N1CC2CCC(C1)N2)OC.CN1CCCC1. The molecule has 3 saturated heterocycles. The molecule has 2 bridgehead atoms. The third kappa shape index (κ3) is 7.83. The molecule has 7 nitrogen and oxygen atoms in total. The molecule has 6 rings (SSSR count). The predicted octanol–water partition coefficient (Wildman–Crippen LogP) is 6.66. The van der Waals surface area contributed by atoms with E-state index in [1.807, 2.05) is 0 Å². The van der Waals surface area contributed by atoms with Crippen LogP contribution < -0.4 is 10.2 Å². The van der Waals surface area contributed by atoms with Gasteiger partial charge in [-0.1, -0.05) is 37.3 Å². The molecule has 4 heterocycles. The number of amidine groups is 1. The first-order chi connectivity index (χ1) is 21.5. The van der Waals surface area contributed by atoms with Gasteiger partial charge in [0, 0.05) is 55.8 Å². The summed E-state index contributed by atoms with van der Waals surface area (Å²) >= 11 is 0. The second kappa shape index (κ2) is 15.6. The maximum absolute atomic E-state index is 9.05. The van der Waals surface area contributed by atoms with E-state index < -0.39 is 0 Å². The van der Waals surface area contributed by atoms with Crippen LogP contribution in [0.15, 0.2) is 64.5 Å². The van der Waals surface area contributed by atoms with Crippen molar-refractivity contribution in [1.29, 1.82) is 5.26 Å². The zero-order valence-electron chi connectivity index (χ0n) is 27.4. The normalized spacial score (nSPS) is 22.7. The Labute approximate surface area is 265 Å². The quantitative estimate of drug-likeness (QED) is 0.159. The average molecular weight is 597 g/mol. The summed E-state index contributed by atoms with van der Waals surface area (Å²) in [5.41, 5.74) is 5.40. The van der Waals surface area contributed by atoms with E-state index >= 15 is 0 Å². The minimum Gasteiger partial charge on any atom is -0.481 e. The summed E-state index contributed by atoms with van der Waals surface area (Å²) < 4.78 is 5.68. The van der Waals surface area contributed by atoms with Crippen LogP contribution in [0.5, 0.6) is 0 Å². The van der Waals surface area contributed by atoms with Crippen LogP contribution in [0.4, 0.5) is 5.69 Å². The molecule has 4 aliphatic heterocycles. The van der Waals surface area contributed by atoms with Crippen molar-refractivity contribution in [2.45, 2.75) is 83.7 Å². The largest absolute Gasteiger partial charge is 0.481 e. The van der Waals surface area contributed by atoms with Crippen LogP contribution in [0.1, 0.15) is 70.8 Å². The van der Waals surface area contributed by atoms with Gasteiger partial charge in [0.2, 0.25) is 5.88 Å². The summed E-state index contributed by atoms with van der Waals surface area (Å²) in [5.74, 6) is 1.82. The fourth-order valence-electron chi connectivity index (χ4n) is 7.28. The summed E-state index contributed by atoms with van der Waals surface area (Å²) in [6.07, 6.45) is 11.7. The van der Waals surface area contributed by atoms with Gasteiger partial charge in [0.15, 0.2) is 0 Å². The molecule has 2 unspecified atom stereocenters. The van der Waals surface area contributed by atoms with Crippen LogP contribution in [0.2, 0.25) is 0 Å². The van der Waals surface area contributed by atoms with Gasteiger partial charge < -0.3 is 24.8 Å². The number of allylic oxidation sites excluding steroid dienone is 1. The zero-order chi connectivity index (χ0) is 30.9. The van der Waals surface area contributed by atoms with Crippen molar-refractivity contribution in [2.24, 2.45) is 4.99 Å². The standard InChI is InChI=1S/C32H41N5O.C5H11N/c1-4-9-30(38-3)35-32(37-21-26-15-16-27(22-37)34-26)28-17-19-36(20-23(28)2)29-14-8-13-25-12-7-11-24(31(25)29)10-5-6-18-33;1-6-4-2-3-5-6/h7-9,11-14,26-27,34H,4-6,10,15-17,19-22H2,1-3H3;2-5H2,1H3/b30-9-,35-32+;. The van der Waals surface area contributed by atoms with Gasteiger partial charge in [-0.25, -0.2) is 0 Å². The molecule has 1 N–H and O–H groups in total. The van der Waals surface area contributed by atoms with Crippen molar-refractivity contribution in [1.82, 2.24) is 15.1 Å². The highest BCUT2D eigenvalue weighted by Gasteiger charge is 2.35. The molecule has 2 atom stereocenters. The van der Waals surface area contributed by atoms with Gasteiger partial charge >= 0.3 is 0 Å². The molecule has 7 heteroatoms. The van der Waals surface area contributed by atoms with Gasteiger partial charge in [0.25, 0.3) is 0 Å². The van der Waals surface area contributed by atoms with Crippen LogP contribution in [-0.2, 0) is 11.2 Å². The first kappa shape index (κ1) is 32.1. The first-order valence-corrected chi connectivity index (χ1v) is 16.8. The Morgan fingerprint density at radius 3 is 2.43 bits per heavy atom. The van der Waals surface area contributed by atoms with Crippen LogP contribution in [-0.4, -0.2) is 81.1 Å². The van der Waals surface area contributed by atoms with E-state index in [1.165, 1.54) is 71.9 Å². The molecule has 0 aromatic heterocycles. The molecular weight excluding hydrogens is 544 g/mol. The minimum atomic E-state index is 0.552. The second-order valence-corrected chi connectivity index (χ2v) is 12.9. The highest BCUT2D eigenvalue weighted by atomic mass is 16.5. The molecule has 2 aromatic rings. The van der Waals surface area contributed by atoms with Crippen LogP contribution in [0.3, 0.4) is 0 Å². The molecule has 4 aliphatic rings. The minimum absolute atomic E-state index is 0.552. The fraction of sp³-hybridized carbons (Fsp3) is 0.568. The number of rotatable bonds is 8. The number of likely N-dealkylation sites (tertiary alicyclic amines) is 2. The average Bonchev–Trinajstić information content (AvgIpc) is 3.66. The van der Waals surface area contributed by atoms with Crippen molar-refractivity contribution in [3.05, 3.63) is 65.1 Å². The number of ether oxygens (including phenoxy) is 1. The molecule has 0 spiro atoms. The summed E-state index contributed by atoms with van der Waals surface area (Å²) in [6.45, 7) is 10.9. The van der Waals surface area contributed by atoms with Crippen LogP contribution >= 0.6 is 0 Å². The molecule has 44 heavy (non-hydrogen) atoms. The predicted molar refractivity (Wildman–Crippen MR) is 183 cm³/mol. The summed E-state index contributed by atoms with van der Waals surface area (Å²) in [6, 6.07) is 16.6. The highest BCUT2D eigenvalue weighted by molar-refractivity contribution is 6.01. The molecule has 0 saturated carbocycles. The van der Waals surface area contributed by atoms with E-state index in [-0.39, 0.29) is 0 Å². The van der Waals surface area contributed by atoms with E-state index in [2.05, 4.69) is 89.5 Å². The van der Waals surface area contributed by atoms with Gasteiger partial charge in [0.1, 0.15) is 5.84 Å². The third-order valence-corrected chi connectivity index (χ3v) is 9.54. The molecular formula is C37H52N6O. The van der Waals surface area contributed by atoms with Gasteiger partial charge in [-0.2, -0.15) is 10.3 Å². The lowest BCUT2D eigenvalue weighted by molar-refractivity contribution is 0.272. The Bertz CT molecular complexity index is 1380. The van der Waals surface area contributed by atoms with E-state index in [0.29, 0.717) is 24.4 Å². The molecule has 236 valence electrons. The van der Waals surface area contributed by atoms with E-state index in [0.717, 1.165) is 57.7 Å². The van der Waals surface area contributed by atoms with E-state index in [9.17, 15) is 0 Å². The molecule has 0 aliphatic carbocycles. The number of fused-ring (bicyclic) bond motifs is 3. The van der Waals surface area contributed by atoms with Crippen molar-refractivity contribution in [2.75, 3.05) is 58.3 Å². The number of unbranched alkanes of at least 4 members (excludes halogenated alkanes) is 1. The molecule has 0 radical (unpaired) electrons. The lowest BCUT2D eigenvalue weighted by atomic mass is 9.95. The summed E-state index contributed by atoms with van der Waals surface area (Å²) in [7, 11) is 3.90. The Kier molecular flexibility index (Phi) is 11.4. The topological polar surface area (TPSA) is 67.1 Å². The number of benzene rings is 2. The van der Waals surface area contributed by atoms with Crippen molar-refractivity contribution >= 4 is 22.3 Å². The number of nitrogens with zero attached hydrogens (tertiary/aromatic N) is 5. The van der Waals surface area contributed by atoms with E-state index in [4.69, 9.17) is 15.0 Å². The number of aliphatic imine (C=N–C) groups is 1. The second-order valence-electron chi connectivity index (χ2n) is 12.9. The maximum Gasteiger partial charge on any atom is 0.210 e. The first-order valence-electron chi connectivity index (χ1n) is 16.8. The number of methoxy groups -OCH3 is 1. The lowest BCUT2D eigenvalue weighted by Crippen LogP contribution is -2.54. The van der Waals surface area contributed by atoms with Crippen LogP contribution in [0.25, 0.3) is 10.8 Å². The number of aryl methyl sites for hydroxylation is 1. The summed E-state index contributed by atoms with van der Waals surface area (Å²) in [4.78, 5) is 12.5. The summed E-state index contributed by atoms with van der Waals surface area (Å²) in [5, 5.41) is 15.4. The van der Waals surface area contributed by atoms with Gasteiger partial charge in [-0.3, -0.25) is 0 Å². The number of hydrogen-bond acceptors (Lipinski definition) is 6. The number of nitriles is 1. The number of anilines is 1. The number of hydrogen-bond donors (Lipinski definition) is 1. The molecule has 0 amide bonds. The fourth-order valence-corrected chi connectivity index (χ4v) is 7.28. The smallest absolute Gasteiger partial charge is 0.210 e. The van der Waals surface area contributed by atoms with Crippen molar-refractivity contribution in [3.63, 3.8) is 0 Å². The molecule has 2 aromatic carbocycles. The Hall–Kier alpha value is -3.34. The monoisotopic (exact) mass is 596 g/mol. The number of nitrogens with one attached hydrogen (secondary N) is 1.